The Morgan fingerprint density at radius 2 is 1.62 bits per heavy atom. The lowest BCUT2D eigenvalue weighted by Crippen LogP contribution is -2.49. The standard InChI is InChI=1S/C26H25NO5/c1-31-23-13-12-20-16-27(24(28)14-18-8-4-2-5-9-18)22(26(29)30)15-21(20)25(23)32-17-19-10-6-3-7-11-19/h2-13,22H,14-17H2,1H3,(H,29,30)/t22-/m0/s1. The largest absolute Gasteiger partial charge is 0.493 e. The molecule has 1 aliphatic heterocycles. The molecule has 1 amide bonds. The number of carbonyl (C=O) groups is 2. The first-order valence-corrected chi connectivity index (χ1v) is 10.5. The van der Waals surface area contributed by atoms with Crippen molar-refractivity contribution in [3.8, 4) is 11.5 Å². The number of rotatable bonds is 7. The van der Waals surface area contributed by atoms with E-state index in [1.807, 2.05) is 66.7 Å². The second kappa shape index (κ2) is 9.56. The SMILES string of the molecule is COc1ccc2c(c1OCc1ccccc1)C[C@@H](C(=O)O)N(C(=O)Cc1ccccc1)C2. The van der Waals surface area contributed by atoms with Crippen LogP contribution in [0.1, 0.15) is 22.3 Å². The van der Waals surface area contributed by atoms with Crippen molar-refractivity contribution in [3.05, 3.63) is 95.1 Å². The van der Waals surface area contributed by atoms with Gasteiger partial charge in [-0.2, -0.15) is 0 Å². The van der Waals surface area contributed by atoms with E-state index < -0.39 is 12.0 Å². The Kier molecular flexibility index (Phi) is 6.40. The van der Waals surface area contributed by atoms with Gasteiger partial charge in [0.1, 0.15) is 12.6 Å². The highest BCUT2D eigenvalue weighted by molar-refractivity contribution is 5.86. The topological polar surface area (TPSA) is 76.1 Å². The van der Waals surface area contributed by atoms with Crippen molar-refractivity contribution >= 4 is 11.9 Å². The lowest BCUT2D eigenvalue weighted by Gasteiger charge is -2.35. The molecule has 0 saturated carbocycles. The number of fused-ring (bicyclic) bond motifs is 1. The second-order valence-corrected chi connectivity index (χ2v) is 7.75. The highest BCUT2D eigenvalue weighted by Gasteiger charge is 2.36. The molecule has 1 atom stereocenters. The molecule has 3 aromatic rings. The van der Waals surface area contributed by atoms with E-state index in [4.69, 9.17) is 9.47 Å². The summed E-state index contributed by atoms with van der Waals surface area (Å²) in [6, 6.07) is 21.8. The Bertz CT molecular complexity index is 1100. The van der Waals surface area contributed by atoms with Crippen LogP contribution in [-0.4, -0.2) is 35.0 Å². The number of carboxylic acid groups (broad SMARTS) is 1. The molecule has 0 bridgehead atoms. The normalized spacial score (nSPS) is 15.0. The molecule has 164 valence electrons. The summed E-state index contributed by atoms with van der Waals surface area (Å²) in [4.78, 5) is 26.6. The number of nitrogens with zero attached hydrogens (tertiary/aromatic N) is 1. The highest BCUT2D eigenvalue weighted by atomic mass is 16.5. The Morgan fingerprint density at radius 1 is 0.969 bits per heavy atom. The van der Waals surface area contributed by atoms with Crippen molar-refractivity contribution in [1.82, 2.24) is 4.90 Å². The maximum absolute atomic E-state index is 13.0. The molecule has 0 saturated heterocycles. The van der Waals surface area contributed by atoms with Gasteiger partial charge >= 0.3 is 5.97 Å². The molecule has 6 heteroatoms. The van der Waals surface area contributed by atoms with Crippen molar-refractivity contribution in [1.29, 1.82) is 0 Å². The van der Waals surface area contributed by atoms with Crippen LogP contribution in [0.5, 0.6) is 11.5 Å². The third kappa shape index (κ3) is 4.59. The quantitative estimate of drug-likeness (QED) is 0.615. The maximum atomic E-state index is 13.0. The molecule has 32 heavy (non-hydrogen) atoms. The first-order chi connectivity index (χ1) is 15.6. The number of hydrogen-bond donors (Lipinski definition) is 1. The van der Waals surface area contributed by atoms with E-state index in [-0.39, 0.29) is 25.3 Å². The predicted molar refractivity (Wildman–Crippen MR) is 120 cm³/mol. The molecule has 0 spiro atoms. The van der Waals surface area contributed by atoms with E-state index in [0.29, 0.717) is 18.1 Å². The zero-order chi connectivity index (χ0) is 22.5. The second-order valence-electron chi connectivity index (χ2n) is 7.75. The molecule has 1 N–H and O–H groups in total. The van der Waals surface area contributed by atoms with Crippen LogP contribution in [0.4, 0.5) is 0 Å². The van der Waals surface area contributed by atoms with E-state index in [9.17, 15) is 14.7 Å². The summed E-state index contributed by atoms with van der Waals surface area (Å²) in [5.74, 6) is -0.158. The highest BCUT2D eigenvalue weighted by Crippen LogP contribution is 2.39. The smallest absolute Gasteiger partial charge is 0.326 e. The molecule has 4 rings (SSSR count). The monoisotopic (exact) mass is 431 g/mol. The van der Waals surface area contributed by atoms with E-state index >= 15 is 0 Å². The Labute approximate surface area is 187 Å². The Morgan fingerprint density at radius 3 is 2.25 bits per heavy atom. The molecule has 6 nitrogen and oxygen atoms in total. The van der Waals surface area contributed by atoms with Gasteiger partial charge in [0.25, 0.3) is 0 Å². The first-order valence-electron chi connectivity index (χ1n) is 10.5. The third-order valence-electron chi connectivity index (χ3n) is 5.69. The van der Waals surface area contributed by atoms with Crippen LogP contribution in [0.3, 0.4) is 0 Å². The fourth-order valence-electron chi connectivity index (χ4n) is 4.02. The third-order valence-corrected chi connectivity index (χ3v) is 5.69. The molecule has 0 unspecified atom stereocenters. The van der Waals surface area contributed by atoms with Gasteiger partial charge in [0.15, 0.2) is 11.5 Å². The van der Waals surface area contributed by atoms with Crippen LogP contribution in [-0.2, 0) is 35.6 Å². The number of ether oxygens (including phenoxy) is 2. The number of amides is 1. The molecule has 3 aromatic carbocycles. The zero-order valence-corrected chi connectivity index (χ0v) is 17.9. The van der Waals surface area contributed by atoms with E-state index in [2.05, 4.69) is 0 Å². The van der Waals surface area contributed by atoms with Crippen molar-refractivity contribution in [3.63, 3.8) is 0 Å². The molecule has 1 aliphatic rings. The lowest BCUT2D eigenvalue weighted by atomic mass is 9.92. The van der Waals surface area contributed by atoms with Gasteiger partial charge in [-0.1, -0.05) is 66.7 Å². The Hall–Kier alpha value is -3.80. The van der Waals surface area contributed by atoms with Gasteiger partial charge in [-0.05, 0) is 22.8 Å². The summed E-state index contributed by atoms with van der Waals surface area (Å²) in [7, 11) is 1.56. The van der Waals surface area contributed by atoms with Crippen molar-refractivity contribution < 1.29 is 24.2 Å². The lowest BCUT2D eigenvalue weighted by molar-refractivity contribution is -0.151. The molecular weight excluding hydrogens is 406 g/mol. The van der Waals surface area contributed by atoms with E-state index in [1.165, 1.54) is 4.90 Å². The fourth-order valence-corrected chi connectivity index (χ4v) is 4.02. The summed E-state index contributed by atoms with van der Waals surface area (Å²) in [5.41, 5.74) is 3.50. The molecule has 0 aliphatic carbocycles. The number of carbonyl (C=O) groups excluding carboxylic acids is 1. The number of aliphatic carboxylic acids is 1. The summed E-state index contributed by atoms with van der Waals surface area (Å²) in [6.07, 6.45) is 0.319. The number of methoxy groups -OCH3 is 1. The van der Waals surface area contributed by atoms with Crippen LogP contribution >= 0.6 is 0 Å². The van der Waals surface area contributed by atoms with Gasteiger partial charge in [-0.3, -0.25) is 4.79 Å². The maximum Gasteiger partial charge on any atom is 0.326 e. The van der Waals surface area contributed by atoms with Gasteiger partial charge < -0.3 is 19.5 Å². The van der Waals surface area contributed by atoms with E-state index in [0.717, 1.165) is 22.3 Å². The summed E-state index contributed by atoms with van der Waals surface area (Å²) in [5, 5.41) is 9.91. The van der Waals surface area contributed by atoms with Crippen LogP contribution in [0.2, 0.25) is 0 Å². The molecule has 0 fully saturated rings. The van der Waals surface area contributed by atoms with Crippen LogP contribution in [0.25, 0.3) is 0 Å². The summed E-state index contributed by atoms with van der Waals surface area (Å²) in [6.45, 7) is 0.547. The minimum atomic E-state index is -1.03. The van der Waals surface area contributed by atoms with Gasteiger partial charge in [-0.25, -0.2) is 4.79 Å². The van der Waals surface area contributed by atoms with Crippen LogP contribution in [0, 0.1) is 0 Å². The first kappa shape index (κ1) is 21.4. The average molecular weight is 431 g/mol. The van der Waals surface area contributed by atoms with Crippen LogP contribution in [0.15, 0.2) is 72.8 Å². The number of carboxylic acids is 1. The average Bonchev–Trinajstić information content (AvgIpc) is 2.82. The van der Waals surface area contributed by atoms with Crippen molar-refractivity contribution in [2.45, 2.75) is 32.0 Å². The minimum absolute atomic E-state index is 0.159. The van der Waals surface area contributed by atoms with Gasteiger partial charge in [0, 0.05) is 18.5 Å². The minimum Gasteiger partial charge on any atom is -0.493 e. The van der Waals surface area contributed by atoms with Gasteiger partial charge in [0.05, 0.1) is 13.5 Å². The van der Waals surface area contributed by atoms with Gasteiger partial charge in [-0.15, -0.1) is 0 Å². The fraction of sp³-hybridized carbons (Fsp3) is 0.231. The summed E-state index contributed by atoms with van der Waals surface area (Å²) < 4.78 is 11.6. The molecular formula is C26H25NO5. The number of hydrogen-bond acceptors (Lipinski definition) is 4. The zero-order valence-electron chi connectivity index (χ0n) is 17.9. The van der Waals surface area contributed by atoms with Crippen molar-refractivity contribution in [2.75, 3.05) is 7.11 Å². The predicted octanol–water partition coefficient (Wildman–Crippen LogP) is 3.85. The number of benzene rings is 3. The Balaban J connectivity index is 1.62. The van der Waals surface area contributed by atoms with Crippen LogP contribution < -0.4 is 9.47 Å². The summed E-state index contributed by atoms with van der Waals surface area (Å²) >= 11 is 0. The van der Waals surface area contributed by atoms with E-state index in [1.54, 1.807) is 13.2 Å². The molecule has 0 aromatic heterocycles. The molecule has 1 heterocycles. The van der Waals surface area contributed by atoms with Crippen molar-refractivity contribution in [2.24, 2.45) is 0 Å². The molecule has 0 radical (unpaired) electrons. The van der Waals surface area contributed by atoms with Gasteiger partial charge in [0.2, 0.25) is 5.91 Å².